The van der Waals surface area contributed by atoms with Gasteiger partial charge in [-0.3, -0.25) is 0 Å². The molecule has 0 unspecified atom stereocenters. The summed E-state index contributed by atoms with van der Waals surface area (Å²) in [5, 5.41) is 0.199. The molecule has 0 saturated carbocycles. The van der Waals surface area contributed by atoms with Gasteiger partial charge in [0.2, 0.25) is 0 Å². The Morgan fingerprint density at radius 1 is 1.24 bits per heavy atom. The molecular formula is C11H16O5S. The lowest BCUT2D eigenvalue weighted by Crippen LogP contribution is -2.36. The fraction of sp³-hybridized carbons (Fsp3) is 0.909. The van der Waals surface area contributed by atoms with Crippen LogP contribution in [-0.4, -0.2) is 42.2 Å². The highest BCUT2D eigenvalue weighted by Crippen LogP contribution is 2.42. The lowest BCUT2D eigenvalue weighted by atomic mass is 9.97. The van der Waals surface area contributed by atoms with Gasteiger partial charge in [-0.25, -0.2) is 0 Å². The van der Waals surface area contributed by atoms with E-state index in [4.69, 9.17) is 35.9 Å². The van der Waals surface area contributed by atoms with Crippen LogP contribution in [0.25, 0.3) is 0 Å². The van der Waals surface area contributed by atoms with Crippen LogP contribution in [0.15, 0.2) is 0 Å². The van der Waals surface area contributed by atoms with Crippen molar-refractivity contribution in [3.05, 3.63) is 0 Å². The molecule has 5 nitrogen and oxygen atoms in total. The van der Waals surface area contributed by atoms with Gasteiger partial charge in [0, 0.05) is 18.1 Å². The average molecular weight is 260 g/mol. The largest absolute Gasteiger partial charge is 0.453 e. The van der Waals surface area contributed by atoms with Crippen LogP contribution >= 0.6 is 12.2 Å². The Hall–Kier alpha value is -0.430. The molecule has 0 aliphatic carbocycles. The van der Waals surface area contributed by atoms with E-state index in [9.17, 15) is 0 Å². The topological polar surface area (TPSA) is 46.2 Å². The van der Waals surface area contributed by atoms with Crippen LogP contribution < -0.4 is 0 Å². The van der Waals surface area contributed by atoms with Crippen molar-refractivity contribution in [2.75, 3.05) is 6.61 Å². The number of hydrogen-bond acceptors (Lipinski definition) is 6. The third kappa shape index (κ3) is 1.93. The minimum absolute atomic E-state index is 0.0484. The van der Waals surface area contributed by atoms with E-state index in [2.05, 4.69) is 6.92 Å². The van der Waals surface area contributed by atoms with Crippen molar-refractivity contribution in [2.45, 2.75) is 51.2 Å². The van der Waals surface area contributed by atoms with Crippen molar-refractivity contribution >= 4 is 17.5 Å². The Kier molecular flexibility index (Phi) is 2.59. The molecule has 0 radical (unpaired) electrons. The van der Waals surface area contributed by atoms with Gasteiger partial charge in [0.25, 0.3) is 0 Å². The van der Waals surface area contributed by atoms with Crippen molar-refractivity contribution < 1.29 is 23.7 Å². The van der Waals surface area contributed by atoms with Crippen LogP contribution in [0, 0.1) is 5.92 Å². The molecule has 3 aliphatic heterocycles. The van der Waals surface area contributed by atoms with Gasteiger partial charge in [-0.15, -0.1) is 0 Å². The van der Waals surface area contributed by atoms with Crippen molar-refractivity contribution in [3.8, 4) is 0 Å². The Morgan fingerprint density at radius 2 is 2.00 bits per heavy atom. The molecule has 96 valence electrons. The smallest absolute Gasteiger partial charge is 0.352 e. The van der Waals surface area contributed by atoms with Gasteiger partial charge in [-0.2, -0.15) is 0 Å². The van der Waals surface area contributed by atoms with Crippen LogP contribution in [-0.2, 0) is 23.7 Å². The monoisotopic (exact) mass is 260 g/mol. The fourth-order valence-electron chi connectivity index (χ4n) is 2.61. The van der Waals surface area contributed by atoms with Gasteiger partial charge >= 0.3 is 5.24 Å². The minimum atomic E-state index is -0.573. The first-order valence-electron chi connectivity index (χ1n) is 5.81. The van der Waals surface area contributed by atoms with E-state index in [1.54, 1.807) is 0 Å². The third-order valence-corrected chi connectivity index (χ3v) is 3.61. The molecule has 3 heterocycles. The summed E-state index contributed by atoms with van der Waals surface area (Å²) in [7, 11) is 0. The van der Waals surface area contributed by atoms with Crippen molar-refractivity contribution in [1.29, 1.82) is 0 Å². The van der Waals surface area contributed by atoms with Crippen molar-refractivity contribution in [2.24, 2.45) is 5.92 Å². The van der Waals surface area contributed by atoms with Crippen molar-refractivity contribution in [3.63, 3.8) is 0 Å². The summed E-state index contributed by atoms with van der Waals surface area (Å²) < 4.78 is 27.9. The first-order valence-corrected chi connectivity index (χ1v) is 6.21. The first-order chi connectivity index (χ1) is 7.96. The van der Waals surface area contributed by atoms with Crippen molar-refractivity contribution in [1.82, 2.24) is 0 Å². The van der Waals surface area contributed by atoms with E-state index >= 15 is 0 Å². The van der Waals surface area contributed by atoms with E-state index in [1.165, 1.54) is 0 Å². The van der Waals surface area contributed by atoms with Gasteiger partial charge in [0.15, 0.2) is 18.2 Å². The normalized spacial score (nSPS) is 47.7. The standard InChI is InChI=1S/C11H16O5S/c1-5-7(6-4-12-10(17)13-6)14-9-8(5)15-11(2,3)16-9/h5-9H,4H2,1-3H3/t5-,6+,7-,8+,9+/m0/s1. The number of fused-ring (bicyclic) bond motifs is 1. The summed E-state index contributed by atoms with van der Waals surface area (Å²) in [5.41, 5.74) is 0. The third-order valence-electron chi connectivity index (χ3n) is 3.40. The molecule has 0 amide bonds. The van der Waals surface area contributed by atoms with E-state index in [0.29, 0.717) is 6.61 Å². The Morgan fingerprint density at radius 3 is 2.59 bits per heavy atom. The van der Waals surface area contributed by atoms with E-state index in [-0.39, 0.29) is 35.8 Å². The van der Waals surface area contributed by atoms with Crippen LogP contribution in [0.5, 0.6) is 0 Å². The quantitative estimate of drug-likeness (QED) is 0.660. The van der Waals surface area contributed by atoms with E-state index < -0.39 is 5.79 Å². The molecule has 0 spiro atoms. The molecule has 3 fully saturated rings. The lowest BCUT2D eigenvalue weighted by Gasteiger charge is -2.25. The molecule has 3 rings (SSSR count). The summed E-state index contributed by atoms with van der Waals surface area (Å²) in [4.78, 5) is 0. The molecule has 0 aromatic carbocycles. The Bertz CT molecular complexity index is 345. The summed E-state index contributed by atoms with van der Waals surface area (Å²) in [6.07, 6.45) is -0.615. The zero-order valence-corrected chi connectivity index (χ0v) is 10.9. The molecule has 0 N–H and O–H groups in total. The molecule has 5 atom stereocenters. The van der Waals surface area contributed by atoms with Gasteiger partial charge < -0.3 is 23.7 Å². The van der Waals surface area contributed by atoms with Gasteiger partial charge in [-0.1, -0.05) is 6.92 Å². The predicted molar refractivity (Wildman–Crippen MR) is 61.3 cm³/mol. The highest BCUT2D eigenvalue weighted by Gasteiger charge is 2.55. The molecule has 6 heteroatoms. The number of ether oxygens (including phenoxy) is 5. The molecule has 0 aromatic rings. The van der Waals surface area contributed by atoms with Gasteiger partial charge in [0.1, 0.15) is 18.8 Å². The van der Waals surface area contributed by atoms with Gasteiger partial charge in [-0.05, 0) is 13.8 Å². The van der Waals surface area contributed by atoms with E-state index in [1.807, 2.05) is 13.8 Å². The summed E-state index contributed by atoms with van der Waals surface area (Å²) >= 11 is 4.85. The van der Waals surface area contributed by atoms with Crippen LogP contribution in [0.1, 0.15) is 20.8 Å². The maximum absolute atomic E-state index is 5.85. The minimum Gasteiger partial charge on any atom is -0.453 e. The highest BCUT2D eigenvalue weighted by molar-refractivity contribution is 7.79. The number of thiocarbonyl (C=S) groups is 1. The fourth-order valence-corrected chi connectivity index (χ4v) is 2.81. The second-order valence-corrected chi connectivity index (χ2v) is 5.48. The molecular weight excluding hydrogens is 244 g/mol. The summed E-state index contributed by atoms with van der Waals surface area (Å²) in [6.45, 7) is 6.29. The molecule has 17 heavy (non-hydrogen) atoms. The van der Waals surface area contributed by atoms with Gasteiger partial charge in [0.05, 0.1) is 0 Å². The second kappa shape index (κ2) is 3.78. The first kappa shape index (κ1) is 11.6. The summed E-state index contributed by atoms with van der Waals surface area (Å²) in [6, 6.07) is 0. The Labute approximate surface area is 105 Å². The predicted octanol–water partition coefficient (Wildman–Crippen LogP) is 1.20. The molecule has 3 saturated heterocycles. The maximum atomic E-state index is 5.85. The lowest BCUT2D eigenvalue weighted by molar-refractivity contribution is -0.217. The maximum Gasteiger partial charge on any atom is 0.352 e. The second-order valence-electron chi connectivity index (χ2n) is 5.15. The zero-order valence-electron chi connectivity index (χ0n) is 10.0. The number of hydrogen-bond donors (Lipinski definition) is 0. The molecule has 3 aliphatic rings. The average Bonchev–Trinajstić information content (AvgIpc) is 2.83. The molecule has 0 bridgehead atoms. The molecule has 0 aromatic heterocycles. The van der Waals surface area contributed by atoms with Crippen LogP contribution in [0.3, 0.4) is 0 Å². The number of rotatable bonds is 1. The van der Waals surface area contributed by atoms with E-state index in [0.717, 1.165) is 0 Å². The SMILES string of the molecule is C[C@@H]1[C@H]2OC(C)(C)O[C@H]2O[C@@H]1[C@H]1COC(=S)O1. The highest BCUT2D eigenvalue weighted by atomic mass is 32.1. The summed E-state index contributed by atoms with van der Waals surface area (Å²) in [5.74, 6) is -0.382. The Balaban J connectivity index is 1.70. The zero-order chi connectivity index (χ0) is 12.2. The van der Waals surface area contributed by atoms with Crippen LogP contribution in [0.2, 0.25) is 0 Å². The van der Waals surface area contributed by atoms with Crippen LogP contribution in [0.4, 0.5) is 0 Å².